The number of rotatable bonds is 2. The first-order valence-corrected chi connectivity index (χ1v) is 6.82. The van der Waals surface area contributed by atoms with E-state index in [2.05, 4.69) is 27.8 Å². The second-order valence-electron chi connectivity index (χ2n) is 4.73. The summed E-state index contributed by atoms with van der Waals surface area (Å²) in [5.74, 6) is 0.621. The van der Waals surface area contributed by atoms with Crippen molar-refractivity contribution >= 4 is 40.4 Å². The Kier molecular flexibility index (Phi) is 3.52. The summed E-state index contributed by atoms with van der Waals surface area (Å²) in [5.41, 5.74) is 2.55. The molecule has 2 amide bonds. The van der Waals surface area contributed by atoms with Crippen LogP contribution in [0.3, 0.4) is 0 Å². The van der Waals surface area contributed by atoms with Crippen molar-refractivity contribution in [2.75, 3.05) is 21.3 Å². The van der Waals surface area contributed by atoms with Crippen molar-refractivity contribution in [2.45, 2.75) is 0 Å². The fourth-order valence-electron chi connectivity index (χ4n) is 2.08. The molecule has 0 bridgehead atoms. The molecule has 0 aromatic heterocycles. The molecule has 0 radical (unpaired) electrons. The number of aromatic hydroxyl groups is 1. The Bertz CT molecular complexity index is 776. The molecule has 0 atom stereocenters. The van der Waals surface area contributed by atoms with Crippen LogP contribution in [0.25, 0.3) is 0 Å². The highest BCUT2D eigenvalue weighted by Crippen LogP contribution is 2.32. The van der Waals surface area contributed by atoms with E-state index in [0.29, 0.717) is 16.5 Å². The normalized spacial score (nSPS) is 12.1. The SMILES string of the molecule is C=C1Nc2ccc(NC(=O)Nc3cc(Cl)ccc3O)cc2N1. The fraction of sp³-hybridized carbons (Fsp3) is 0. The first kappa shape index (κ1) is 14.1. The number of amides is 2. The average molecular weight is 317 g/mol. The van der Waals surface area contributed by atoms with E-state index >= 15 is 0 Å². The lowest BCUT2D eigenvalue weighted by atomic mass is 10.2. The van der Waals surface area contributed by atoms with Gasteiger partial charge in [0.25, 0.3) is 0 Å². The quantitative estimate of drug-likeness (QED) is 0.542. The number of carbonyl (C=O) groups is 1. The predicted molar refractivity (Wildman–Crippen MR) is 88.6 cm³/mol. The number of benzene rings is 2. The fourth-order valence-corrected chi connectivity index (χ4v) is 2.26. The number of phenols is 1. The van der Waals surface area contributed by atoms with Crippen LogP contribution in [0.15, 0.2) is 48.8 Å². The predicted octanol–water partition coefficient (Wildman–Crippen LogP) is 4.00. The van der Waals surface area contributed by atoms with Crippen LogP contribution in [-0.2, 0) is 0 Å². The maximum Gasteiger partial charge on any atom is 0.323 e. The first-order chi connectivity index (χ1) is 10.5. The zero-order valence-electron chi connectivity index (χ0n) is 11.4. The molecule has 6 nitrogen and oxygen atoms in total. The maximum atomic E-state index is 12.0. The molecule has 112 valence electrons. The van der Waals surface area contributed by atoms with E-state index < -0.39 is 6.03 Å². The number of hydrogen-bond donors (Lipinski definition) is 5. The Balaban J connectivity index is 1.71. The van der Waals surface area contributed by atoms with E-state index in [9.17, 15) is 9.90 Å². The van der Waals surface area contributed by atoms with Crippen molar-refractivity contribution in [1.82, 2.24) is 0 Å². The third-order valence-corrected chi connectivity index (χ3v) is 3.29. The lowest BCUT2D eigenvalue weighted by molar-refractivity contribution is 0.262. The van der Waals surface area contributed by atoms with E-state index in [1.54, 1.807) is 12.1 Å². The molecular formula is C15H13ClN4O2. The Morgan fingerprint density at radius 2 is 1.86 bits per heavy atom. The summed E-state index contributed by atoms with van der Waals surface area (Å²) >= 11 is 5.83. The van der Waals surface area contributed by atoms with Crippen molar-refractivity contribution in [3.05, 3.63) is 53.8 Å². The molecule has 5 N–H and O–H groups in total. The van der Waals surface area contributed by atoms with Crippen molar-refractivity contribution < 1.29 is 9.90 Å². The van der Waals surface area contributed by atoms with Crippen LogP contribution in [0.1, 0.15) is 0 Å². The summed E-state index contributed by atoms with van der Waals surface area (Å²) in [6.07, 6.45) is 0. The molecule has 22 heavy (non-hydrogen) atoms. The Morgan fingerprint density at radius 1 is 1.09 bits per heavy atom. The minimum absolute atomic E-state index is 0.0596. The van der Waals surface area contributed by atoms with E-state index in [0.717, 1.165) is 11.4 Å². The van der Waals surface area contributed by atoms with Gasteiger partial charge in [0.15, 0.2) is 0 Å². The first-order valence-electron chi connectivity index (χ1n) is 6.45. The van der Waals surface area contributed by atoms with Crippen molar-refractivity contribution in [2.24, 2.45) is 0 Å². The van der Waals surface area contributed by atoms with Crippen LogP contribution in [-0.4, -0.2) is 11.1 Å². The van der Waals surface area contributed by atoms with Gasteiger partial charge in [0.2, 0.25) is 0 Å². The molecule has 3 rings (SSSR count). The zero-order chi connectivity index (χ0) is 15.7. The molecule has 0 unspecified atom stereocenters. The molecule has 0 saturated heterocycles. The summed E-state index contributed by atoms with van der Waals surface area (Å²) in [6, 6.07) is 9.28. The van der Waals surface area contributed by atoms with Crippen molar-refractivity contribution in [3.63, 3.8) is 0 Å². The highest BCUT2D eigenvalue weighted by molar-refractivity contribution is 6.31. The van der Waals surface area contributed by atoms with Gasteiger partial charge in [-0.2, -0.15) is 0 Å². The van der Waals surface area contributed by atoms with Gasteiger partial charge < -0.3 is 26.4 Å². The lowest BCUT2D eigenvalue weighted by Crippen LogP contribution is -2.19. The number of nitrogens with one attached hydrogen (secondary N) is 4. The summed E-state index contributed by atoms with van der Waals surface area (Å²) < 4.78 is 0. The average Bonchev–Trinajstić information content (AvgIpc) is 2.82. The van der Waals surface area contributed by atoms with Gasteiger partial charge in [0, 0.05) is 10.7 Å². The monoisotopic (exact) mass is 316 g/mol. The van der Waals surface area contributed by atoms with Crippen LogP contribution in [0.5, 0.6) is 5.75 Å². The minimum Gasteiger partial charge on any atom is -0.506 e. The highest BCUT2D eigenvalue weighted by Gasteiger charge is 2.13. The van der Waals surface area contributed by atoms with Crippen LogP contribution in [0.4, 0.5) is 27.5 Å². The molecule has 1 aliphatic rings. The lowest BCUT2D eigenvalue weighted by Gasteiger charge is -2.10. The summed E-state index contributed by atoms with van der Waals surface area (Å²) in [6.45, 7) is 3.77. The molecule has 2 aromatic rings. The number of carbonyl (C=O) groups excluding carboxylic acids is 1. The van der Waals surface area contributed by atoms with Crippen molar-refractivity contribution in [3.8, 4) is 5.75 Å². The van der Waals surface area contributed by atoms with Gasteiger partial charge in [0.1, 0.15) is 11.6 Å². The Morgan fingerprint density at radius 3 is 2.68 bits per heavy atom. The number of anilines is 4. The van der Waals surface area contributed by atoms with E-state index in [1.165, 1.54) is 18.2 Å². The second-order valence-corrected chi connectivity index (χ2v) is 5.17. The third-order valence-electron chi connectivity index (χ3n) is 3.06. The maximum absolute atomic E-state index is 12.0. The van der Waals surface area contributed by atoms with Gasteiger partial charge in [0.05, 0.1) is 17.1 Å². The standard InChI is InChI=1S/C15H13ClN4O2/c1-8-17-11-4-3-10(7-12(11)18-8)19-15(22)20-13-6-9(16)2-5-14(13)21/h2-7,17-18,21H,1H2,(H2,19,20,22). The van der Waals surface area contributed by atoms with Crippen molar-refractivity contribution in [1.29, 1.82) is 0 Å². The van der Waals surface area contributed by atoms with Gasteiger partial charge in [-0.05, 0) is 36.4 Å². The molecule has 0 spiro atoms. The molecule has 1 aliphatic heterocycles. The summed E-state index contributed by atoms with van der Waals surface area (Å²) in [5, 5.41) is 21.4. The molecule has 0 aliphatic carbocycles. The van der Waals surface area contributed by atoms with Crippen LogP contribution in [0.2, 0.25) is 5.02 Å². The van der Waals surface area contributed by atoms with Crippen LogP contribution in [0, 0.1) is 0 Å². The molecule has 0 fully saturated rings. The summed E-state index contributed by atoms with van der Waals surface area (Å²) in [7, 11) is 0. The second kappa shape index (κ2) is 5.50. The largest absolute Gasteiger partial charge is 0.506 e. The van der Waals surface area contributed by atoms with Crippen LogP contribution >= 0.6 is 11.6 Å². The van der Waals surface area contributed by atoms with Gasteiger partial charge in [-0.15, -0.1) is 0 Å². The molecular weight excluding hydrogens is 304 g/mol. The number of hydrogen-bond acceptors (Lipinski definition) is 4. The number of halogens is 1. The zero-order valence-corrected chi connectivity index (χ0v) is 12.2. The smallest absolute Gasteiger partial charge is 0.323 e. The topological polar surface area (TPSA) is 85.4 Å². The van der Waals surface area contributed by atoms with Crippen LogP contribution < -0.4 is 21.3 Å². The van der Waals surface area contributed by atoms with Gasteiger partial charge in [-0.25, -0.2) is 4.79 Å². The van der Waals surface area contributed by atoms with Gasteiger partial charge in [-0.3, -0.25) is 0 Å². The number of phenolic OH excluding ortho intramolecular Hbond substituents is 1. The van der Waals surface area contributed by atoms with Gasteiger partial charge >= 0.3 is 6.03 Å². The molecule has 0 saturated carbocycles. The molecule has 1 heterocycles. The molecule has 2 aromatic carbocycles. The number of urea groups is 1. The van der Waals surface area contributed by atoms with Gasteiger partial charge in [-0.1, -0.05) is 18.2 Å². The minimum atomic E-state index is -0.484. The van der Waals surface area contributed by atoms with E-state index in [4.69, 9.17) is 11.6 Å². The third kappa shape index (κ3) is 2.91. The molecule has 7 heteroatoms. The Hall–Kier alpha value is -2.86. The Labute approximate surface area is 131 Å². The number of fused-ring (bicyclic) bond motifs is 1. The van der Waals surface area contributed by atoms with E-state index in [1.807, 2.05) is 6.07 Å². The summed E-state index contributed by atoms with van der Waals surface area (Å²) in [4.78, 5) is 12.0. The highest BCUT2D eigenvalue weighted by atomic mass is 35.5. The van der Waals surface area contributed by atoms with E-state index in [-0.39, 0.29) is 11.4 Å².